The molecule has 0 spiro atoms. The molecule has 0 bridgehead atoms. The van der Waals surface area contributed by atoms with Crippen LogP contribution in [-0.4, -0.2) is 42.2 Å². The molecule has 1 aromatic heterocycles. The number of methoxy groups -OCH3 is 1. The van der Waals surface area contributed by atoms with Crippen LogP contribution in [0.15, 0.2) is 23.2 Å². The zero-order valence-corrected chi connectivity index (χ0v) is 12.2. The molecule has 1 amide bonds. The Morgan fingerprint density at radius 2 is 2.40 bits per heavy atom. The summed E-state index contributed by atoms with van der Waals surface area (Å²) in [5, 5.41) is 7.94. The molecule has 0 saturated heterocycles. The van der Waals surface area contributed by atoms with Crippen molar-refractivity contribution in [3.05, 3.63) is 23.7 Å². The van der Waals surface area contributed by atoms with Gasteiger partial charge >= 0.3 is 5.97 Å². The molecule has 1 N–H and O–H groups in total. The number of hydrogen-bond acceptors (Lipinski definition) is 7. The van der Waals surface area contributed by atoms with Crippen molar-refractivity contribution in [1.82, 2.24) is 4.98 Å². The third-order valence-electron chi connectivity index (χ3n) is 1.84. The van der Waals surface area contributed by atoms with Crippen molar-refractivity contribution < 1.29 is 19.2 Å². The van der Waals surface area contributed by atoms with Gasteiger partial charge in [-0.2, -0.15) is 0 Å². The molecule has 9 heteroatoms. The van der Waals surface area contributed by atoms with Gasteiger partial charge in [0.05, 0.1) is 7.11 Å². The molecule has 20 heavy (non-hydrogen) atoms. The van der Waals surface area contributed by atoms with Crippen LogP contribution in [0.4, 0.5) is 5.13 Å². The number of nitrogens with zero attached hydrogens (tertiary/aromatic N) is 2. The summed E-state index contributed by atoms with van der Waals surface area (Å²) in [6, 6.07) is 0. The average molecular weight is 318 g/mol. The fourth-order valence-corrected chi connectivity index (χ4v) is 1.81. The van der Waals surface area contributed by atoms with Gasteiger partial charge in [0.2, 0.25) is 11.6 Å². The van der Waals surface area contributed by atoms with Crippen molar-refractivity contribution in [3.8, 4) is 0 Å². The molecule has 0 saturated carbocycles. The highest BCUT2D eigenvalue weighted by Gasteiger charge is 2.19. The van der Waals surface area contributed by atoms with E-state index in [4.69, 9.17) is 16.4 Å². The lowest BCUT2D eigenvalue weighted by Gasteiger charge is -2.01. The van der Waals surface area contributed by atoms with Crippen LogP contribution in [0.1, 0.15) is 5.69 Å². The average Bonchev–Trinajstić information content (AvgIpc) is 2.90. The molecule has 0 atom stereocenters. The Balaban J connectivity index is 2.91. The first-order valence-corrected chi connectivity index (χ1v) is 6.74. The number of thiazole rings is 1. The maximum Gasteiger partial charge on any atom is 0.362 e. The van der Waals surface area contributed by atoms with E-state index >= 15 is 0 Å². The summed E-state index contributed by atoms with van der Waals surface area (Å²) in [4.78, 5) is 31.6. The zero-order valence-electron chi connectivity index (χ0n) is 10.6. The fraction of sp³-hybridized carbons (Fsp3) is 0.273. The van der Waals surface area contributed by atoms with Gasteiger partial charge in [-0.15, -0.1) is 22.9 Å². The maximum atomic E-state index is 11.6. The van der Waals surface area contributed by atoms with Gasteiger partial charge in [0.15, 0.2) is 5.13 Å². The third kappa shape index (κ3) is 4.63. The molecule has 7 nitrogen and oxygen atoms in total. The van der Waals surface area contributed by atoms with Gasteiger partial charge in [-0.3, -0.25) is 4.79 Å². The number of carbonyl (C=O) groups excluding carboxylic acids is 2. The minimum atomic E-state index is -0.699. The predicted octanol–water partition coefficient (Wildman–Crippen LogP) is 1.40. The van der Waals surface area contributed by atoms with Crippen LogP contribution in [0.2, 0.25) is 0 Å². The summed E-state index contributed by atoms with van der Waals surface area (Å²) in [6.07, 6.45) is 1.48. The van der Waals surface area contributed by atoms with Crippen molar-refractivity contribution >= 4 is 45.7 Å². The van der Waals surface area contributed by atoms with Crippen LogP contribution in [0.3, 0.4) is 0 Å². The molecule has 0 radical (unpaired) electrons. The van der Waals surface area contributed by atoms with E-state index in [0.29, 0.717) is 5.13 Å². The van der Waals surface area contributed by atoms with E-state index < -0.39 is 11.9 Å². The number of amides is 1. The van der Waals surface area contributed by atoms with Crippen LogP contribution >= 0.6 is 22.9 Å². The van der Waals surface area contributed by atoms with Crippen LogP contribution in [-0.2, 0) is 19.2 Å². The van der Waals surface area contributed by atoms with Crippen LogP contribution in [0.5, 0.6) is 0 Å². The molecule has 1 aromatic rings. The van der Waals surface area contributed by atoms with Gasteiger partial charge in [0, 0.05) is 5.38 Å². The topological polar surface area (TPSA) is 89.9 Å². The zero-order chi connectivity index (χ0) is 15.0. The molecule has 0 unspecified atom stereocenters. The van der Waals surface area contributed by atoms with Gasteiger partial charge in [-0.25, -0.2) is 9.78 Å². The van der Waals surface area contributed by atoms with Crippen molar-refractivity contribution in [2.45, 2.75) is 0 Å². The van der Waals surface area contributed by atoms with Crippen molar-refractivity contribution in [1.29, 1.82) is 0 Å². The lowest BCUT2D eigenvalue weighted by atomic mass is 10.3. The largest absolute Gasteiger partial charge is 0.464 e. The standard InChI is InChI=1S/C11H12ClN3O4S/c1-3-4-19-15-9(10(17)18-2)7-6-20-11(13-7)14-8(16)5-12/h3,6H,1,4-5H2,2H3,(H,13,14,16)/b15-9-. The Morgan fingerprint density at radius 1 is 1.65 bits per heavy atom. The minimum Gasteiger partial charge on any atom is -0.464 e. The molecule has 1 heterocycles. The van der Waals surface area contributed by atoms with Gasteiger partial charge in [-0.05, 0) is 0 Å². The minimum absolute atomic E-state index is 0.100. The third-order valence-corrected chi connectivity index (χ3v) is 2.84. The van der Waals surface area contributed by atoms with Gasteiger partial charge in [0.1, 0.15) is 18.2 Å². The lowest BCUT2D eigenvalue weighted by Crippen LogP contribution is -2.18. The number of ether oxygens (including phenoxy) is 1. The summed E-state index contributed by atoms with van der Waals surface area (Å²) in [7, 11) is 1.22. The first kappa shape index (κ1) is 16.1. The predicted molar refractivity (Wildman–Crippen MR) is 76.2 cm³/mol. The molecule has 108 valence electrons. The van der Waals surface area contributed by atoms with Crippen LogP contribution in [0.25, 0.3) is 0 Å². The highest BCUT2D eigenvalue weighted by atomic mass is 35.5. The summed E-state index contributed by atoms with van der Waals surface area (Å²) in [5.41, 5.74) is 0.132. The molecule has 0 aromatic carbocycles. The number of alkyl halides is 1. The highest BCUT2D eigenvalue weighted by molar-refractivity contribution is 7.14. The van der Waals surface area contributed by atoms with Crippen molar-refractivity contribution in [2.75, 3.05) is 24.9 Å². The number of carbonyl (C=O) groups is 2. The molecule has 0 fully saturated rings. The monoisotopic (exact) mass is 317 g/mol. The molecule has 0 aliphatic carbocycles. The van der Waals surface area contributed by atoms with E-state index in [-0.39, 0.29) is 23.9 Å². The Kier molecular flexibility index (Phi) is 6.68. The number of oxime groups is 1. The first-order valence-electron chi connectivity index (χ1n) is 5.33. The maximum absolute atomic E-state index is 11.6. The Hall–Kier alpha value is -1.93. The van der Waals surface area contributed by atoms with E-state index in [9.17, 15) is 9.59 Å². The van der Waals surface area contributed by atoms with E-state index in [1.165, 1.54) is 18.6 Å². The van der Waals surface area contributed by atoms with E-state index in [2.05, 4.69) is 26.8 Å². The number of hydrogen-bond donors (Lipinski definition) is 1. The number of nitrogens with one attached hydrogen (secondary N) is 1. The second kappa shape index (κ2) is 8.28. The number of halogens is 1. The Bertz CT molecular complexity index is 529. The molecule has 0 aliphatic heterocycles. The SMILES string of the molecule is C=CCO/N=C(\C(=O)OC)c1csc(NC(=O)CCl)n1. The number of esters is 1. The lowest BCUT2D eigenvalue weighted by molar-refractivity contribution is -0.132. The molecule has 0 aliphatic rings. The van der Waals surface area contributed by atoms with Crippen LogP contribution in [0, 0.1) is 0 Å². The molecule has 1 rings (SSSR count). The first-order chi connectivity index (χ1) is 9.62. The number of aromatic nitrogens is 1. The normalized spacial score (nSPS) is 10.8. The number of rotatable bonds is 7. The van der Waals surface area contributed by atoms with Gasteiger partial charge in [0.25, 0.3) is 0 Å². The van der Waals surface area contributed by atoms with E-state index in [1.54, 1.807) is 0 Å². The smallest absolute Gasteiger partial charge is 0.362 e. The van der Waals surface area contributed by atoms with Crippen molar-refractivity contribution in [2.24, 2.45) is 5.16 Å². The summed E-state index contributed by atoms with van der Waals surface area (Å²) in [5.74, 6) is -1.28. The van der Waals surface area contributed by atoms with Crippen LogP contribution < -0.4 is 5.32 Å². The Morgan fingerprint density at radius 3 is 3.00 bits per heavy atom. The summed E-state index contributed by atoms with van der Waals surface area (Å²) >= 11 is 6.49. The van der Waals surface area contributed by atoms with E-state index in [0.717, 1.165) is 11.3 Å². The van der Waals surface area contributed by atoms with Gasteiger partial charge < -0.3 is 14.9 Å². The molecular weight excluding hydrogens is 306 g/mol. The number of anilines is 1. The second-order valence-electron chi connectivity index (χ2n) is 3.24. The van der Waals surface area contributed by atoms with E-state index in [1.807, 2.05) is 0 Å². The molecular formula is C11H12ClN3O4S. The Labute approximate surface area is 124 Å². The quantitative estimate of drug-likeness (QED) is 0.205. The van der Waals surface area contributed by atoms with Gasteiger partial charge in [-0.1, -0.05) is 17.8 Å². The summed E-state index contributed by atoms with van der Waals surface area (Å²) < 4.78 is 4.59. The second-order valence-corrected chi connectivity index (χ2v) is 4.36. The fourth-order valence-electron chi connectivity index (χ4n) is 1.03. The highest BCUT2D eigenvalue weighted by Crippen LogP contribution is 2.16. The van der Waals surface area contributed by atoms with Crippen molar-refractivity contribution in [3.63, 3.8) is 0 Å². The summed E-state index contributed by atoms with van der Waals surface area (Å²) in [6.45, 7) is 3.60.